The average molecular weight is 307 g/mol. The van der Waals surface area contributed by atoms with Gasteiger partial charge in [-0.25, -0.2) is 9.07 Å². The standard InChI is InChI=1S/C18H14FN3O/c1-13-6-8-14(9-7-13)10-11-18-16(12-23)20-21-22(18)17-5-3-2-4-15(17)19/h2-12H,1H3/b11-10+. The molecule has 0 saturated heterocycles. The first-order chi connectivity index (χ1) is 11.2. The molecule has 3 rings (SSSR count). The maximum Gasteiger partial charge on any atom is 0.172 e. The van der Waals surface area contributed by atoms with Gasteiger partial charge in [0.15, 0.2) is 12.0 Å². The number of halogens is 1. The van der Waals surface area contributed by atoms with E-state index in [1.54, 1.807) is 24.3 Å². The lowest BCUT2D eigenvalue weighted by Gasteiger charge is -2.04. The molecular weight excluding hydrogens is 293 g/mol. The van der Waals surface area contributed by atoms with Gasteiger partial charge in [0, 0.05) is 0 Å². The summed E-state index contributed by atoms with van der Waals surface area (Å²) in [4.78, 5) is 11.2. The Hall–Kier alpha value is -3.08. The monoisotopic (exact) mass is 307 g/mol. The van der Waals surface area contributed by atoms with Crippen LogP contribution in [0.1, 0.15) is 27.3 Å². The zero-order chi connectivity index (χ0) is 16.2. The van der Waals surface area contributed by atoms with Gasteiger partial charge in [-0.3, -0.25) is 4.79 Å². The third kappa shape index (κ3) is 3.08. The highest BCUT2D eigenvalue weighted by Crippen LogP contribution is 2.18. The molecule has 0 bridgehead atoms. The van der Waals surface area contributed by atoms with Crippen molar-refractivity contribution in [2.45, 2.75) is 6.92 Å². The van der Waals surface area contributed by atoms with Crippen molar-refractivity contribution in [2.24, 2.45) is 0 Å². The molecule has 0 atom stereocenters. The minimum absolute atomic E-state index is 0.164. The maximum absolute atomic E-state index is 14.0. The molecule has 0 aliphatic heterocycles. The molecule has 0 amide bonds. The lowest BCUT2D eigenvalue weighted by molar-refractivity contribution is 0.111. The fourth-order valence-electron chi connectivity index (χ4n) is 2.19. The number of benzene rings is 2. The summed E-state index contributed by atoms with van der Waals surface area (Å²) >= 11 is 0. The number of aromatic nitrogens is 3. The van der Waals surface area contributed by atoms with Crippen LogP contribution in [0.4, 0.5) is 4.39 Å². The second-order valence-electron chi connectivity index (χ2n) is 5.09. The van der Waals surface area contributed by atoms with Gasteiger partial charge < -0.3 is 0 Å². The third-order valence-electron chi connectivity index (χ3n) is 3.44. The first-order valence-electron chi connectivity index (χ1n) is 7.09. The van der Waals surface area contributed by atoms with Crippen molar-refractivity contribution in [1.82, 2.24) is 15.0 Å². The predicted octanol–water partition coefficient (Wildman–Crippen LogP) is 3.70. The van der Waals surface area contributed by atoms with Gasteiger partial charge in [-0.05, 0) is 30.7 Å². The molecule has 0 aliphatic carbocycles. The number of aryl methyl sites for hydroxylation is 1. The van der Waals surface area contributed by atoms with Gasteiger partial charge in [0.2, 0.25) is 0 Å². The Balaban J connectivity index is 2.04. The summed E-state index contributed by atoms with van der Waals surface area (Å²) in [6.07, 6.45) is 4.16. The summed E-state index contributed by atoms with van der Waals surface area (Å²) in [6.45, 7) is 2.01. The summed E-state index contributed by atoms with van der Waals surface area (Å²) in [5.74, 6) is -0.431. The third-order valence-corrected chi connectivity index (χ3v) is 3.44. The number of carbonyl (C=O) groups excluding carboxylic acids is 1. The molecule has 0 aliphatic rings. The van der Waals surface area contributed by atoms with E-state index >= 15 is 0 Å². The fraction of sp³-hybridized carbons (Fsp3) is 0.0556. The highest BCUT2D eigenvalue weighted by Gasteiger charge is 2.13. The highest BCUT2D eigenvalue weighted by molar-refractivity contribution is 5.81. The van der Waals surface area contributed by atoms with Crippen molar-refractivity contribution in [3.63, 3.8) is 0 Å². The molecule has 5 heteroatoms. The number of para-hydroxylation sites is 1. The van der Waals surface area contributed by atoms with E-state index in [-0.39, 0.29) is 11.4 Å². The molecule has 0 spiro atoms. The van der Waals surface area contributed by atoms with E-state index in [1.807, 2.05) is 37.3 Å². The molecule has 1 aromatic heterocycles. The van der Waals surface area contributed by atoms with Crippen molar-refractivity contribution in [1.29, 1.82) is 0 Å². The SMILES string of the molecule is Cc1ccc(/C=C/c2c(C=O)nnn2-c2ccccc2F)cc1. The normalized spacial score (nSPS) is 11.0. The van der Waals surface area contributed by atoms with Crippen LogP contribution in [0.25, 0.3) is 17.8 Å². The zero-order valence-electron chi connectivity index (χ0n) is 12.5. The van der Waals surface area contributed by atoms with E-state index in [2.05, 4.69) is 10.3 Å². The molecule has 3 aromatic rings. The van der Waals surface area contributed by atoms with Crippen molar-refractivity contribution in [3.05, 3.63) is 76.9 Å². The minimum atomic E-state index is -0.431. The molecule has 0 N–H and O–H groups in total. The fourth-order valence-corrected chi connectivity index (χ4v) is 2.19. The quantitative estimate of drug-likeness (QED) is 0.691. The van der Waals surface area contributed by atoms with E-state index in [4.69, 9.17) is 0 Å². The summed E-state index contributed by atoms with van der Waals surface area (Å²) in [6, 6.07) is 14.1. The molecule has 0 radical (unpaired) electrons. The van der Waals surface area contributed by atoms with Crippen LogP contribution in [0.3, 0.4) is 0 Å². The first-order valence-corrected chi connectivity index (χ1v) is 7.09. The number of carbonyl (C=O) groups is 1. The number of hydrogen-bond donors (Lipinski definition) is 0. The van der Waals surface area contributed by atoms with Crippen molar-refractivity contribution < 1.29 is 9.18 Å². The summed E-state index contributed by atoms with van der Waals surface area (Å²) in [5.41, 5.74) is 2.97. The van der Waals surface area contributed by atoms with Crippen LogP contribution in [0.15, 0.2) is 48.5 Å². The Kier molecular flexibility index (Phi) is 4.10. The number of rotatable bonds is 4. The molecule has 114 valence electrons. The molecule has 0 fully saturated rings. The molecule has 2 aromatic carbocycles. The van der Waals surface area contributed by atoms with E-state index < -0.39 is 5.82 Å². The molecule has 0 unspecified atom stereocenters. The van der Waals surface area contributed by atoms with Gasteiger partial charge in [0.1, 0.15) is 11.5 Å². The first kappa shape index (κ1) is 14.8. The lowest BCUT2D eigenvalue weighted by Crippen LogP contribution is -2.02. The van der Waals surface area contributed by atoms with E-state index in [9.17, 15) is 9.18 Å². The Morgan fingerprint density at radius 3 is 2.48 bits per heavy atom. The Morgan fingerprint density at radius 1 is 1.04 bits per heavy atom. The van der Waals surface area contributed by atoms with Gasteiger partial charge in [-0.2, -0.15) is 0 Å². The van der Waals surface area contributed by atoms with Crippen molar-refractivity contribution in [3.8, 4) is 5.69 Å². The van der Waals surface area contributed by atoms with Crippen LogP contribution in [0.2, 0.25) is 0 Å². The largest absolute Gasteiger partial charge is 0.296 e. The van der Waals surface area contributed by atoms with Crippen LogP contribution in [-0.2, 0) is 0 Å². The Labute approximate surface area is 132 Å². The lowest BCUT2D eigenvalue weighted by atomic mass is 10.1. The van der Waals surface area contributed by atoms with Crippen molar-refractivity contribution >= 4 is 18.4 Å². The minimum Gasteiger partial charge on any atom is -0.296 e. The summed E-state index contributed by atoms with van der Waals surface area (Å²) in [7, 11) is 0. The Bertz CT molecular complexity index is 866. The summed E-state index contributed by atoms with van der Waals surface area (Å²) < 4.78 is 15.3. The molecule has 23 heavy (non-hydrogen) atoms. The van der Waals surface area contributed by atoms with Crippen LogP contribution in [-0.4, -0.2) is 21.3 Å². The predicted molar refractivity (Wildman–Crippen MR) is 86.8 cm³/mol. The van der Waals surface area contributed by atoms with Crippen molar-refractivity contribution in [2.75, 3.05) is 0 Å². The van der Waals surface area contributed by atoms with E-state index in [0.717, 1.165) is 11.1 Å². The van der Waals surface area contributed by atoms with Crippen LogP contribution < -0.4 is 0 Å². The zero-order valence-corrected chi connectivity index (χ0v) is 12.5. The smallest absolute Gasteiger partial charge is 0.172 e. The molecule has 4 nitrogen and oxygen atoms in total. The van der Waals surface area contributed by atoms with E-state index in [0.29, 0.717) is 12.0 Å². The molecular formula is C18H14FN3O. The van der Waals surface area contributed by atoms with Gasteiger partial charge >= 0.3 is 0 Å². The average Bonchev–Trinajstić information content (AvgIpc) is 2.97. The van der Waals surface area contributed by atoms with Gasteiger partial charge in [0.25, 0.3) is 0 Å². The molecule has 0 saturated carbocycles. The maximum atomic E-state index is 14.0. The number of aldehydes is 1. The van der Waals surface area contributed by atoms with Gasteiger partial charge in [0.05, 0.1) is 5.69 Å². The summed E-state index contributed by atoms with van der Waals surface area (Å²) in [5, 5.41) is 7.69. The molecule has 1 heterocycles. The second-order valence-corrected chi connectivity index (χ2v) is 5.09. The topological polar surface area (TPSA) is 47.8 Å². The van der Waals surface area contributed by atoms with Crippen LogP contribution in [0.5, 0.6) is 0 Å². The van der Waals surface area contributed by atoms with Gasteiger partial charge in [-0.15, -0.1) is 5.10 Å². The Morgan fingerprint density at radius 2 is 1.78 bits per heavy atom. The van der Waals surface area contributed by atoms with Gasteiger partial charge in [-0.1, -0.05) is 53.3 Å². The number of hydrogen-bond acceptors (Lipinski definition) is 3. The van der Waals surface area contributed by atoms with Crippen LogP contribution >= 0.6 is 0 Å². The van der Waals surface area contributed by atoms with Crippen LogP contribution in [0, 0.1) is 12.7 Å². The number of nitrogens with zero attached hydrogens (tertiary/aromatic N) is 3. The second kappa shape index (κ2) is 6.36. The van der Waals surface area contributed by atoms with E-state index in [1.165, 1.54) is 10.7 Å². The highest BCUT2D eigenvalue weighted by atomic mass is 19.1.